The zero-order valence-corrected chi connectivity index (χ0v) is 12.6. The maximum Gasteiger partial charge on any atom is 0.340 e. The number of nitrogens with zero attached hydrogens (tertiary/aromatic N) is 4. The highest BCUT2D eigenvalue weighted by molar-refractivity contribution is 5.92. The molecular weight excluding hydrogens is 272 g/mol. The van der Waals surface area contributed by atoms with Crippen LogP contribution in [0.3, 0.4) is 0 Å². The Morgan fingerprint density at radius 2 is 2.10 bits per heavy atom. The van der Waals surface area contributed by atoms with Crippen molar-refractivity contribution < 1.29 is 9.53 Å². The molecular formula is C14H18N4O3. The highest BCUT2D eigenvalue weighted by atomic mass is 16.5. The summed E-state index contributed by atoms with van der Waals surface area (Å²) in [6, 6.07) is 1.43. The van der Waals surface area contributed by atoms with Crippen LogP contribution in [0.25, 0.3) is 0 Å². The number of pyridine rings is 1. The second-order valence-electron chi connectivity index (χ2n) is 4.77. The van der Waals surface area contributed by atoms with Crippen LogP contribution in [0.2, 0.25) is 0 Å². The molecule has 0 saturated heterocycles. The Balaban J connectivity index is 2.48. The first kappa shape index (κ1) is 15.0. The third-order valence-electron chi connectivity index (χ3n) is 3.19. The van der Waals surface area contributed by atoms with Crippen molar-refractivity contribution in [3.05, 3.63) is 45.4 Å². The van der Waals surface area contributed by atoms with Crippen molar-refractivity contribution in [2.45, 2.75) is 27.3 Å². The Kier molecular flexibility index (Phi) is 4.21. The van der Waals surface area contributed by atoms with Gasteiger partial charge in [-0.25, -0.2) is 9.78 Å². The first-order valence-electron chi connectivity index (χ1n) is 6.66. The van der Waals surface area contributed by atoms with Crippen molar-refractivity contribution in [2.75, 3.05) is 6.61 Å². The van der Waals surface area contributed by atoms with Gasteiger partial charge in [-0.05, 0) is 26.3 Å². The largest absolute Gasteiger partial charge is 0.462 e. The van der Waals surface area contributed by atoms with Crippen LogP contribution >= 0.6 is 0 Å². The summed E-state index contributed by atoms with van der Waals surface area (Å²) in [6.07, 6.45) is 1.57. The van der Waals surface area contributed by atoms with Gasteiger partial charge < -0.3 is 9.30 Å². The van der Waals surface area contributed by atoms with Gasteiger partial charge in [0.25, 0.3) is 5.56 Å². The molecule has 0 bridgehead atoms. The zero-order valence-electron chi connectivity index (χ0n) is 12.6. The van der Waals surface area contributed by atoms with Crippen LogP contribution in [0.1, 0.15) is 34.4 Å². The first-order chi connectivity index (χ1) is 9.93. The number of carbonyl (C=O) groups excluding carboxylic acids is 1. The second kappa shape index (κ2) is 5.90. The van der Waals surface area contributed by atoms with E-state index in [1.807, 2.05) is 0 Å². The van der Waals surface area contributed by atoms with Crippen molar-refractivity contribution in [1.82, 2.24) is 19.3 Å². The standard InChI is InChI=1S/C14H18N4O3/c1-5-21-14(20)13-9(2)6-12(19)18(10(13)3)7-11-15-8-17(4)16-11/h6,8H,5,7H2,1-4H3. The molecule has 0 aliphatic heterocycles. The van der Waals surface area contributed by atoms with Gasteiger partial charge in [0.1, 0.15) is 6.33 Å². The minimum Gasteiger partial charge on any atom is -0.462 e. The molecule has 2 aromatic rings. The van der Waals surface area contributed by atoms with Crippen LogP contribution in [0, 0.1) is 13.8 Å². The van der Waals surface area contributed by atoms with Crippen LogP contribution in [0.4, 0.5) is 0 Å². The van der Waals surface area contributed by atoms with Gasteiger partial charge in [-0.15, -0.1) is 0 Å². The minimum atomic E-state index is -0.421. The van der Waals surface area contributed by atoms with Gasteiger partial charge in [-0.3, -0.25) is 9.48 Å². The third kappa shape index (κ3) is 3.01. The Morgan fingerprint density at radius 1 is 1.38 bits per heavy atom. The lowest BCUT2D eigenvalue weighted by Crippen LogP contribution is -2.27. The monoisotopic (exact) mass is 290 g/mol. The summed E-state index contributed by atoms with van der Waals surface area (Å²) in [5.41, 5.74) is 1.41. The van der Waals surface area contributed by atoms with Gasteiger partial charge >= 0.3 is 5.97 Å². The molecule has 112 valence electrons. The molecule has 0 amide bonds. The van der Waals surface area contributed by atoms with E-state index in [0.717, 1.165) is 0 Å². The molecule has 0 atom stereocenters. The van der Waals surface area contributed by atoms with E-state index in [0.29, 0.717) is 29.3 Å². The number of carbonyl (C=O) groups is 1. The molecule has 0 radical (unpaired) electrons. The molecule has 0 unspecified atom stereocenters. The SMILES string of the molecule is CCOC(=O)c1c(C)cc(=O)n(Cc2ncn(C)n2)c1C. The molecule has 0 aromatic carbocycles. The fourth-order valence-corrected chi connectivity index (χ4v) is 2.23. The molecule has 0 saturated carbocycles. The fourth-order valence-electron chi connectivity index (χ4n) is 2.23. The molecule has 7 heteroatoms. The highest BCUT2D eigenvalue weighted by Crippen LogP contribution is 2.13. The number of hydrogen-bond donors (Lipinski definition) is 0. The Labute approximate surface area is 122 Å². The van der Waals surface area contributed by atoms with Crippen molar-refractivity contribution in [1.29, 1.82) is 0 Å². The topological polar surface area (TPSA) is 79.0 Å². The van der Waals surface area contributed by atoms with E-state index in [4.69, 9.17) is 4.74 Å². The van der Waals surface area contributed by atoms with E-state index in [1.165, 1.54) is 10.6 Å². The lowest BCUT2D eigenvalue weighted by atomic mass is 10.1. The molecule has 7 nitrogen and oxygen atoms in total. The van der Waals surface area contributed by atoms with Gasteiger partial charge in [0.05, 0.1) is 18.7 Å². The summed E-state index contributed by atoms with van der Waals surface area (Å²) in [5, 5.41) is 4.15. The van der Waals surface area contributed by atoms with Crippen LogP contribution in [0.15, 0.2) is 17.2 Å². The summed E-state index contributed by atoms with van der Waals surface area (Å²) in [4.78, 5) is 28.3. The second-order valence-corrected chi connectivity index (χ2v) is 4.77. The van der Waals surface area contributed by atoms with Crippen LogP contribution in [0.5, 0.6) is 0 Å². The summed E-state index contributed by atoms with van der Waals surface area (Å²) < 4.78 is 8.10. The molecule has 0 spiro atoms. The molecule has 2 aromatic heterocycles. The lowest BCUT2D eigenvalue weighted by Gasteiger charge is -2.14. The predicted molar refractivity (Wildman–Crippen MR) is 76.2 cm³/mol. The highest BCUT2D eigenvalue weighted by Gasteiger charge is 2.18. The van der Waals surface area contributed by atoms with Crippen molar-refractivity contribution >= 4 is 5.97 Å². The van der Waals surface area contributed by atoms with E-state index >= 15 is 0 Å². The van der Waals surface area contributed by atoms with Gasteiger partial charge in [-0.1, -0.05) is 0 Å². The molecule has 2 heterocycles. The van der Waals surface area contributed by atoms with Gasteiger partial charge in [0.15, 0.2) is 5.82 Å². The van der Waals surface area contributed by atoms with E-state index in [2.05, 4.69) is 10.1 Å². The third-order valence-corrected chi connectivity index (χ3v) is 3.19. The van der Waals surface area contributed by atoms with Crippen LogP contribution in [-0.4, -0.2) is 31.9 Å². The minimum absolute atomic E-state index is 0.189. The maximum atomic E-state index is 12.2. The fraction of sp³-hybridized carbons (Fsp3) is 0.429. The Morgan fingerprint density at radius 3 is 2.67 bits per heavy atom. The summed E-state index contributed by atoms with van der Waals surface area (Å²) in [7, 11) is 1.76. The molecule has 0 N–H and O–H groups in total. The molecule has 2 rings (SSSR count). The lowest BCUT2D eigenvalue weighted by molar-refractivity contribution is 0.0523. The maximum absolute atomic E-state index is 12.2. The number of aromatic nitrogens is 4. The van der Waals surface area contributed by atoms with E-state index in [1.54, 1.807) is 38.8 Å². The number of hydrogen-bond acceptors (Lipinski definition) is 5. The first-order valence-corrected chi connectivity index (χ1v) is 6.66. The average Bonchev–Trinajstić information content (AvgIpc) is 2.80. The Bertz CT molecular complexity index is 730. The van der Waals surface area contributed by atoms with Crippen LogP contribution < -0.4 is 5.56 Å². The summed E-state index contributed by atoms with van der Waals surface area (Å²) >= 11 is 0. The summed E-state index contributed by atoms with van der Waals surface area (Å²) in [6.45, 7) is 5.71. The molecule has 0 fully saturated rings. The van der Waals surface area contributed by atoms with Crippen molar-refractivity contribution in [2.24, 2.45) is 7.05 Å². The van der Waals surface area contributed by atoms with Crippen molar-refractivity contribution in [3.63, 3.8) is 0 Å². The van der Waals surface area contributed by atoms with E-state index < -0.39 is 5.97 Å². The summed E-state index contributed by atoms with van der Waals surface area (Å²) in [5.74, 6) is 0.0941. The predicted octanol–water partition coefficient (Wildman–Crippen LogP) is 0.819. The van der Waals surface area contributed by atoms with E-state index in [9.17, 15) is 9.59 Å². The van der Waals surface area contributed by atoms with Gasteiger partial charge in [0.2, 0.25) is 0 Å². The van der Waals surface area contributed by atoms with E-state index in [-0.39, 0.29) is 12.1 Å². The number of esters is 1. The quantitative estimate of drug-likeness (QED) is 0.779. The molecule has 0 aliphatic carbocycles. The zero-order chi connectivity index (χ0) is 15.6. The van der Waals surface area contributed by atoms with Gasteiger partial charge in [0, 0.05) is 18.8 Å². The van der Waals surface area contributed by atoms with Crippen LogP contribution in [-0.2, 0) is 18.3 Å². The number of rotatable bonds is 4. The average molecular weight is 290 g/mol. The molecule has 0 aliphatic rings. The number of ether oxygens (including phenoxy) is 1. The van der Waals surface area contributed by atoms with Crippen molar-refractivity contribution in [3.8, 4) is 0 Å². The smallest absolute Gasteiger partial charge is 0.340 e. The Hall–Kier alpha value is -2.44. The number of aryl methyl sites for hydroxylation is 2. The molecule has 21 heavy (non-hydrogen) atoms. The normalized spacial score (nSPS) is 10.7. The van der Waals surface area contributed by atoms with Gasteiger partial charge in [-0.2, -0.15) is 5.10 Å².